The molecule has 2 bridgehead atoms. The van der Waals surface area contributed by atoms with E-state index >= 15 is 0 Å². The lowest BCUT2D eigenvalue weighted by molar-refractivity contribution is -0.875. The van der Waals surface area contributed by atoms with Crippen LogP contribution < -0.4 is 10.7 Å². The van der Waals surface area contributed by atoms with E-state index in [9.17, 15) is 0 Å². The first kappa shape index (κ1) is 24.9. The summed E-state index contributed by atoms with van der Waals surface area (Å²) in [5.74, 6) is -0.512. The van der Waals surface area contributed by atoms with E-state index in [1.165, 1.54) is 66.9 Å². The van der Waals surface area contributed by atoms with Crippen molar-refractivity contribution in [3.63, 3.8) is 0 Å². The van der Waals surface area contributed by atoms with Crippen molar-refractivity contribution in [3.8, 4) is 0 Å². The zero-order chi connectivity index (χ0) is 29.9. The van der Waals surface area contributed by atoms with Gasteiger partial charge >= 0.3 is 5.91 Å². The number of rotatable bonds is 3. The highest BCUT2D eigenvalue weighted by Gasteiger charge is 2.70. The quantitative estimate of drug-likeness (QED) is 0.253. The second-order valence-electron chi connectivity index (χ2n) is 12.6. The Morgan fingerprint density at radius 1 is 0.644 bits per heavy atom. The summed E-state index contributed by atoms with van der Waals surface area (Å²) in [4.78, 5) is 0. The van der Waals surface area contributed by atoms with Crippen LogP contribution in [0.15, 0.2) is 146 Å². The van der Waals surface area contributed by atoms with Crippen molar-refractivity contribution in [2.45, 2.75) is 24.8 Å². The van der Waals surface area contributed by atoms with E-state index in [2.05, 4.69) is 178 Å². The maximum atomic E-state index is 2.73. The van der Waals surface area contributed by atoms with Crippen LogP contribution in [0.5, 0.6) is 0 Å². The van der Waals surface area contributed by atoms with Gasteiger partial charge in [0.2, 0.25) is 11.4 Å². The van der Waals surface area contributed by atoms with Gasteiger partial charge in [-0.2, -0.15) is 4.57 Å². The number of aromatic nitrogens is 2. The van der Waals surface area contributed by atoms with E-state index in [1.807, 2.05) is 0 Å². The first-order chi connectivity index (χ1) is 22.2. The van der Waals surface area contributed by atoms with E-state index in [1.54, 1.807) is 0 Å². The molecular weight excluding hydrogens is 548 g/mol. The average molecular weight is 581 g/mol. The van der Waals surface area contributed by atoms with Gasteiger partial charge in [-0.25, -0.2) is 4.57 Å². The normalized spacial score (nSPS) is 23.6. The van der Waals surface area contributed by atoms with Crippen LogP contribution in [0.4, 0.5) is 0 Å². The number of hydrogen-bond donors (Lipinski definition) is 0. The molecule has 4 heteroatoms. The van der Waals surface area contributed by atoms with Crippen molar-refractivity contribution < 1.29 is 9.15 Å². The van der Waals surface area contributed by atoms with Crippen molar-refractivity contribution in [1.82, 2.24) is 9.13 Å². The predicted molar refractivity (Wildman–Crippen MR) is 180 cm³/mol. The van der Waals surface area contributed by atoms with Gasteiger partial charge in [0, 0.05) is 17.8 Å². The molecule has 7 heterocycles. The Kier molecular flexibility index (Phi) is 4.87. The van der Waals surface area contributed by atoms with Gasteiger partial charge in [0.25, 0.3) is 0 Å². The van der Waals surface area contributed by atoms with Gasteiger partial charge in [0.05, 0.1) is 33.5 Å². The Morgan fingerprint density at radius 2 is 1.27 bits per heavy atom. The Morgan fingerprint density at radius 3 is 1.93 bits per heavy atom. The molecule has 3 atom stereocenters. The van der Waals surface area contributed by atoms with Crippen LogP contribution in [-0.2, 0) is 5.91 Å². The molecule has 5 aliphatic rings. The second kappa shape index (κ2) is 8.80. The van der Waals surface area contributed by atoms with Gasteiger partial charge in [-0.1, -0.05) is 103 Å². The molecule has 2 aromatic heterocycles. The molecular formula is C41H32N4+2. The molecule has 10 rings (SSSR count). The smallest absolute Gasteiger partial charge is 0.203 e. The van der Waals surface area contributed by atoms with Crippen molar-refractivity contribution >= 4 is 28.1 Å². The minimum atomic E-state index is -0.674. The van der Waals surface area contributed by atoms with Gasteiger partial charge in [-0.15, -0.1) is 9.15 Å². The minimum Gasteiger partial charge on any atom is -0.203 e. The van der Waals surface area contributed by atoms with Crippen molar-refractivity contribution in [1.29, 1.82) is 0 Å². The molecule has 0 fully saturated rings. The SMILES string of the molecule is CC1=CC=CC2=[N+](C)C34n5c1ccc5C(c1ccccc1)C1C=CC(=[N+]13)C(c1ccccc1)=c1ccc(n14)=C2c1ccccc1. The summed E-state index contributed by atoms with van der Waals surface area (Å²) in [5.41, 5.74) is 12.6. The summed E-state index contributed by atoms with van der Waals surface area (Å²) in [6.07, 6.45) is 11.7. The highest BCUT2D eigenvalue weighted by Crippen LogP contribution is 2.48. The summed E-state index contributed by atoms with van der Waals surface area (Å²) in [6, 6.07) is 42.5. The van der Waals surface area contributed by atoms with Crippen LogP contribution in [-0.4, -0.2) is 42.8 Å². The highest BCUT2D eigenvalue weighted by atomic mass is 15.6. The summed E-state index contributed by atoms with van der Waals surface area (Å²) in [5, 5.41) is 2.47. The van der Waals surface area contributed by atoms with Crippen LogP contribution in [0, 0.1) is 0 Å². The van der Waals surface area contributed by atoms with Crippen molar-refractivity contribution in [2.24, 2.45) is 0 Å². The maximum absolute atomic E-state index is 2.73. The van der Waals surface area contributed by atoms with E-state index < -0.39 is 5.91 Å². The van der Waals surface area contributed by atoms with Gasteiger partial charge in [-0.05, 0) is 59.5 Å². The molecule has 45 heavy (non-hydrogen) atoms. The van der Waals surface area contributed by atoms with Crippen LogP contribution in [0.2, 0.25) is 0 Å². The van der Waals surface area contributed by atoms with E-state index in [0.717, 1.165) is 0 Å². The summed E-state index contributed by atoms with van der Waals surface area (Å²) < 4.78 is 10.6. The third kappa shape index (κ3) is 2.97. The third-order valence-electron chi connectivity index (χ3n) is 10.5. The topological polar surface area (TPSA) is 15.9 Å². The average Bonchev–Trinajstić information content (AvgIpc) is 3.84. The van der Waals surface area contributed by atoms with Crippen LogP contribution in [0.1, 0.15) is 40.9 Å². The molecule has 0 radical (unpaired) electrons. The molecule has 0 saturated heterocycles. The van der Waals surface area contributed by atoms with Crippen molar-refractivity contribution in [3.05, 3.63) is 184 Å². The molecule has 0 saturated carbocycles. The lowest BCUT2D eigenvalue weighted by atomic mass is 9.85. The molecule has 214 valence electrons. The molecule has 5 aliphatic heterocycles. The predicted octanol–water partition coefficient (Wildman–Crippen LogP) is 5.42. The van der Waals surface area contributed by atoms with Crippen LogP contribution in [0.3, 0.4) is 0 Å². The van der Waals surface area contributed by atoms with Gasteiger partial charge in [-0.3, -0.25) is 0 Å². The number of benzene rings is 3. The zero-order valence-corrected chi connectivity index (χ0v) is 25.3. The maximum Gasteiger partial charge on any atom is 0.543 e. The van der Waals surface area contributed by atoms with Gasteiger partial charge in [0.1, 0.15) is 7.05 Å². The monoisotopic (exact) mass is 580 g/mol. The van der Waals surface area contributed by atoms with Gasteiger partial charge in [0.15, 0.2) is 6.04 Å². The molecule has 1 spiro atoms. The number of nitrogens with zero attached hydrogens (tertiary/aromatic N) is 4. The van der Waals surface area contributed by atoms with E-state index in [0.29, 0.717) is 0 Å². The molecule has 5 aromatic rings. The summed E-state index contributed by atoms with van der Waals surface area (Å²) in [7, 11) is 2.30. The summed E-state index contributed by atoms with van der Waals surface area (Å²) in [6.45, 7) is 2.25. The molecule has 0 N–H and O–H groups in total. The first-order valence-electron chi connectivity index (χ1n) is 15.9. The van der Waals surface area contributed by atoms with Crippen molar-refractivity contribution in [2.75, 3.05) is 7.05 Å². The fraction of sp³-hybridized carbons (Fsp3) is 0.122. The molecule has 0 aliphatic carbocycles. The zero-order valence-electron chi connectivity index (χ0n) is 25.3. The molecule has 0 amide bonds. The Bertz CT molecular complexity index is 2380. The molecule has 4 nitrogen and oxygen atoms in total. The Labute approximate surface area is 262 Å². The largest absolute Gasteiger partial charge is 0.543 e. The van der Waals surface area contributed by atoms with E-state index in [-0.39, 0.29) is 12.0 Å². The molecule has 3 unspecified atom stereocenters. The number of hydrogen-bond acceptors (Lipinski definition) is 0. The fourth-order valence-corrected chi connectivity index (χ4v) is 8.77. The van der Waals surface area contributed by atoms with Crippen LogP contribution in [0.25, 0.3) is 16.7 Å². The lowest BCUT2D eigenvalue weighted by Gasteiger charge is -2.43. The lowest BCUT2D eigenvalue weighted by Crippen LogP contribution is -2.73. The van der Waals surface area contributed by atoms with Gasteiger partial charge < -0.3 is 0 Å². The summed E-state index contributed by atoms with van der Waals surface area (Å²) >= 11 is 0. The Balaban J connectivity index is 1.47. The number of allylic oxidation sites excluding steroid dienone is 5. The minimum absolute atomic E-state index is 0.121. The Hall–Kier alpha value is -5.48. The second-order valence-corrected chi connectivity index (χ2v) is 12.6. The fourth-order valence-electron chi connectivity index (χ4n) is 8.77. The van der Waals surface area contributed by atoms with E-state index in [4.69, 9.17) is 0 Å². The van der Waals surface area contributed by atoms with Crippen LogP contribution >= 0.6 is 0 Å². The third-order valence-corrected chi connectivity index (χ3v) is 10.5. The first-order valence-corrected chi connectivity index (χ1v) is 15.9. The molecule has 3 aromatic carbocycles. The standard InChI is InChI=1S/C41H32N4/c1-27-13-12-20-32-38(28-14-6-3-7-15-28)33-23-24-36-40(30-18-10-5-11-19-30)37-26-25-35-39(29-16-8-4-9-17-29)34-22-21-31(27)43(34)41(42(32)2,44(33)36)45(35)37/h3-26,35,39H,1-2H3/q+2. The highest BCUT2D eigenvalue weighted by molar-refractivity contribution is 6.28.